The summed E-state index contributed by atoms with van der Waals surface area (Å²) < 4.78 is 0. The van der Waals surface area contributed by atoms with Gasteiger partial charge in [0.25, 0.3) is 5.56 Å². The topological polar surface area (TPSA) is 36.1 Å². The zero-order valence-electron chi connectivity index (χ0n) is 11.9. The van der Waals surface area contributed by atoms with Gasteiger partial charge >= 0.3 is 0 Å². The van der Waals surface area contributed by atoms with Crippen LogP contribution in [0, 0.1) is 6.92 Å². The van der Waals surface area contributed by atoms with Crippen molar-refractivity contribution >= 4 is 0 Å². The van der Waals surface area contributed by atoms with E-state index in [1.165, 1.54) is 37.1 Å². The molecular weight excluding hydrogens is 248 g/mol. The molecule has 3 heteroatoms. The second-order valence-corrected chi connectivity index (χ2v) is 5.58. The van der Waals surface area contributed by atoms with Gasteiger partial charge in [-0.1, -0.05) is 18.2 Å². The van der Waals surface area contributed by atoms with Gasteiger partial charge in [0, 0.05) is 18.3 Å². The molecule has 2 heterocycles. The van der Waals surface area contributed by atoms with Crippen LogP contribution in [0.1, 0.15) is 24.0 Å². The highest BCUT2D eigenvalue weighted by Gasteiger charge is 2.12. The molecule has 0 spiro atoms. The predicted molar refractivity (Wildman–Crippen MR) is 81.7 cm³/mol. The van der Waals surface area contributed by atoms with Crippen LogP contribution in [-0.4, -0.2) is 23.0 Å². The predicted octanol–water partition coefficient (Wildman–Crippen LogP) is 2.95. The summed E-state index contributed by atoms with van der Waals surface area (Å²) in [6, 6.07) is 10.6. The number of hydrogen-bond donors (Lipinski definition) is 1. The number of nitrogens with one attached hydrogen (secondary N) is 1. The smallest absolute Gasteiger partial charge is 0.250 e. The fraction of sp³-hybridized carbons (Fsp3) is 0.353. The Labute approximate surface area is 119 Å². The molecule has 0 bridgehead atoms. The second kappa shape index (κ2) is 5.63. The molecule has 0 unspecified atom stereocenters. The van der Waals surface area contributed by atoms with Crippen molar-refractivity contribution < 1.29 is 0 Å². The Bertz CT molecular complexity index is 654. The van der Waals surface area contributed by atoms with Gasteiger partial charge in [-0.2, -0.15) is 0 Å². The first-order valence-corrected chi connectivity index (χ1v) is 7.23. The van der Waals surface area contributed by atoms with Crippen molar-refractivity contribution in [2.75, 3.05) is 13.1 Å². The highest BCUT2D eigenvalue weighted by Crippen LogP contribution is 2.21. The Morgan fingerprint density at radius 1 is 1.15 bits per heavy atom. The Morgan fingerprint density at radius 2 is 1.95 bits per heavy atom. The van der Waals surface area contributed by atoms with E-state index in [-0.39, 0.29) is 5.56 Å². The van der Waals surface area contributed by atoms with Crippen LogP contribution in [0.3, 0.4) is 0 Å². The Hall–Kier alpha value is -1.87. The number of pyridine rings is 1. The highest BCUT2D eigenvalue weighted by atomic mass is 16.1. The SMILES string of the molecule is Cc1cc(-c2cccc(CN3CCCC3)c2)c[nH]c1=O. The normalized spacial score (nSPS) is 15.7. The molecule has 1 aromatic carbocycles. The molecule has 0 amide bonds. The summed E-state index contributed by atoms with van der Waals surface area (Å²) in [5.74, 6) is 0. The number of aromatic nitrogens is 1. The Kier molecular flexibility index (Phi) is 3.70. The summed E-state index contributed by atoms with van der Waals surface area (Å²) in [6.45, 7) is 5.29. The van der Waals surface area contributed by atoms with Crippen LogP contribution in [0.25, 0.3) is 11.1 Å². The monoisotopic (exact) mass is 268 g/mol. The fourth-order valence-corrected chi connectivity index (χ4v) is 2.81. The number of benzene rings is 1. The molecule has 0 aliphatic carbocycles. The van der Waals surface area contributed by atoms with Gasteiger partial charge in [0.1, 0.15) is 0 Å². The van der Waals surface area contributed by atoms with Crippen molar-refractivity contribution in [3.05, 3.63) is 58.0 Å². The van der Waals surface area contributed by atoms with Gasteiger partial charge < -0.3 is 4.98 Å². The van der Waals surface area contributed by atoms with E-state index in [1.807, 2.05) is 13.0 Å². The summed E-state index contributed by atoms with van der Waals surface area (Å²) in [5.41, 5.74) is 4.33. The van der Waals surface area contributed by atoms with Crippen molar-refractivity contribution in [3.63, 3.8) is 0 Å². The molecule has 3 rings (SSSR count). The first kappa shape index (κ1) is 13.1. The third-order valence-corrected chi connectivity index (χ3v) is 3.95. The first-order valence-electron chi connectivity index (χ1n) is 7.23. The minimum Gasteiger partial charge on any atom is -0.328 e. The molecule has 3 nitrogen and oxygen atoms in total. The molecule has 1 N–H and O–H groups in total. The standard InChI is InChI=1S/C17H20N2O/c1-13-9-16(11-18-17(13)20)15-6-4-5-14(10-15)12-19-7-2-3-8-19/h4-6,9-11H,2-3,7-8,12H2,1H3,(H,18,20). The lowest BCUT2D eigenvalue weighted by Crippen LogP contribution is -2.18. The summed E-state index contributed by atoms with van der Waals surface area (Å²) in [7, 11) is 0. The molecule has 1 aliphatic heterocycles. The lowest BCUT2D eigenvalue weighted by molar-refractivity contribution is 0.331. The molecule has 1 fully saturated rings. The zero-order valence-corrected chi connectivity index (χ0v) is 11.9. The summed E-state index contributed by atoms with van der Waals surface area (Å²) >= 11 is 0. The lowest BCUT2D eigenvalue weighted by Gasteiger charge is -2.15. The van der Waals surface area contributed by atoms with E-state index in [1.54, 1.807) is 6.20 Å². The number of H-pyrrole nitrogens is 1. The molecular formula is C17H20N2O. The van der Waals surface area contributed by atoms with Crippen molar-refractivity contribution in [3.8, 4) is 11.1 Å². The Balaban J connectivity index is 1.86. The van der Waals surface area contributed by atoms with Crippen LogP contribution in [0.4, 0.5) is 0 Å². The van der Waals surface area contributed by atoms with Gasteiger partial charge in [0.2, 0.25) is 0 Å². The quantitative estimate of drug-likeness (QED) is 0.929. The Morgan fingerprint density at radius 3 is 2.70 bits per heavy atom. The minimum absolute atomic E-state index is 0.0121. The third kappa shape index (κ3) is 2.83. The molecule has 2 aromatic rings. The highest BCUT2D eigenvalue weighted by molar-refractivity contribution is 5.63. The van der Waals surface area contributed by atoms with E-state index < -0.39 is 0 Å². The minimum atomic E-state index is -0.0121. The molecule has 1 saturated heterocycles. The average molecular weight is 268 g/mol. The van der Waals surface area contributed by atoms with Gasteiger partial charge in [-0.25, -0.2) is 0 Å². The summed E-state index contributed by atoms with van der Waals surface area (Å²) in [5, 5.41) is 0. The average Bonchev–Trinajstić information content (AvgIpc) is 2.95. The van der Waals surface area contributed by atoms with E-state index in [9.17, 15) is 4.79 Å². The van der Waals surface area contributed by atoms with E-state index in [4.69, 9.17) is 0 Å². The molecule has 0 radical (unpaired) electrons. The maximum Gasteiger partial charge on any atom is 0.250 e. The van der Waals surface area contributed by atoms with Gasteiger partial charge in [-0.15, -0.1) is 0 Å². The number of rotatable bonds is 3. The molecule has 1 aliphatic rings. The summed E-state index contributed by atoms with van der Waals surface area (Å²) in [6.07, 6.45) is 4.43. The van der Waals surface area contributed by atoms with Crippen molar-refractivity contribution in [1.82, 2.24) is 9.88 Å². The lowest BCUT2D eigenvalue weighted by atomic mass is 10.0. The molecule has 104 valence electrons. The molecule has 0 atom stereocenters. The van der Waals surface area contributed by atoms with E-state index >= 15 is 0 Å². The third-order valence-electron chi connectivity index (χ3n) is 3.95. The van der Waals surface area contributed by atoms with Crippen LogP contribution in [0.2, 0.25) is 0 Å². The fourth-order valence-electron chi connectivity index (χ4n) is 2.81. The van der Waals surface area contributed by atoms with Gasteiger partial charge in [0.15, 0.2) is 0 Å². The van der Waals surface area contributed by atoms with Crippen LogP contribution < -0.4 is 5.56 Å². The van der Waals surface area contributed by atoms with Crippen molar-refractivity contribution in [1.29, 1.82) is 0 Å². The number of aryl methyl sites for hydroxylation is 1. The van der Waals surface area contributed by atoms with Crippen LogP contribution >= 0.6 is 0 Å². The van der Waals surface area contributed by atoms with Crippen LogP contribution in [-0.2, 0) is 6.54 Å². The van der Waals surface area contributed by atoms with Gasteiger partial charge in [-0.3, -0.25) is 9.69 Å². The second-order valence-electron chi connectivity index (χ2n) is 5.58. The van der Waals surface area contributed by atoms with Gasteiger partial charge in [0.05, 0.1) is 0 Å². The zero-order chi connectivity index (χ0) is 13.9. The summed E-state index contributed by atoms with van der Waals surface area (Å²) in [4.78, 5) is 16.7. The van der Waals surface area contributed by atoms with E-state index in [0.717, 1.165) is 17.7 Å². The number of likely N-dealkylation sites (tertiary alicyclic amines) is 1. The largest absolute Gasteiger partial charge is 0.328 e. The number of hydrogen-bond acceptors (Lipinski definition) is 2. The van der Waals surface area contributed by atoms with Crippen LogP contribution in [0.15, 0.2) is 41.3 Å². The number of nitrogens with zero attached hydrogens (tertiary/aromatic N) is 1. The molecule has 0 saturated carbocycles. The molecule has 1 aromatic heterocycles. The van der Waals surface area contributed by atoms with Crippen molar-refractivity contribution in [2.24, 2.45) is 0 Å². The maximum atomic E-state index is 11.4. The van der Waals surface area contributed by atoms with Crippen LogP contribution in [0.5, 0.6) is 0 Å². The van der Waals surface area contributed by atoms with Gasteiger partial charge in [-0.05, 0) is 61.7 Å². The maximum absolute atomic E-state index is 11.4. The van der Waals surface area contributed by atoms with E-state index in [0.29, 0.717) is 0 Å². The van der Waals surface area contributed by atoms with E-state index in [2.05, 4.69) is 34.1 Å². The number of aromatic amines is 1. The first-order chi connectivity index (χ1) is 9.72. The van der Waals surface area contributed by atoms with Crippen molar-refractivity contribution in [2.45, 2.75) is 26.3 Å². The molecule has 20 heavy (non-hydrogen) atoms.